The molecule has 0 fully saturated rings. The second-order valence-corrected chi connectivity index (χ2v) is 6.14. The van der Waals surface area contributed by atoms with Crippen LogP contribution in [0.3, 0.4) is 0 Å². The van der Waals surface area contributed by atoms with Crippen molar-refractivity contribution in [2.24, 2.45) is 0 Å². The van der Waals surface area contributed by atoms with E-state index in [1.807, 2.05) is 18.2 Å². The summed E-state index contributed by atoms with van der Waals surface area (Å²) in [6, 6.07) is 9.60. The molecule has 21 heavy (non-hydrogen) atoms. The molecule has 1 aromatic carbocycles. The highest BCUT2D eigenvalue weighted by Crippen LogP contribution is 2.27. The van der Waals surface area contributed by atoms with Gasteiger partial charge in [-0.1, -0.05) is 53.9 Å². The molecule has 0 saturated carbocycles. The summed E-state index contributed by atoms with van der Waals surface area (Å²) >= 11 is 18.3. The lowest BCUT2D eigenvalue weighted by Crippen LogP contribution is -2.25. The number of nitrogens with zero attached hydrogens (tertiary/aromatic N) is 1. The number of hydrogen-bond donors (Lipinski definition) is 1. The number of benzene rings is 1. The maximum absolute atomic E-state index is 6.29. The molecule has 0 bridgehead atoms. The molecule has 2 rings (SSSR count). The maximum Gasteiger partial charge on any atom is 0.0763 e. The van der Waals surface area contributed by atoms with Gasteiger partial charge in [-0.3, -0.25) is 4.98 Å². The number of nitrogens with one attached hydrogen (secondary N) is 1. The van der Waals surface area contributed by atoms with E-state index in [1.54, 1.807) is 12.3 Å². The fourth-order valence-electron chi connectivity index (χ4n) is 2.17. The van der Waals surface area contributed by atoms with Crippen molar-refractivity contribution in [1.82, 2.24) is 10.3 Å². The Balaban J connectivity index is 2.25. The first kappa shape index (κ1) is 16.6. The van der Waals surface area contributed by atoms with Crippen molar-refractivity contribution >= 4 is 34.8 Å². The first-order valence-electron chi connectivity index (χ1n) is 6.89. The van der Waals surface area contributed by atoms with Crippen molar-refractivity contribution in [3.05, 3.63) is 62.9 Å². The van der Waals surface area contributed by atoms with Gasteiger partial charge in [-0.05, 0) is 43.1 Å². The Hall–Kier alpha value is -0.800. The van der Waals surface area contributed by atoms with E-state index in [9.17, 15) is 0 Å². The van der Waals surface area contributed by atoms with E-state index in [4.69, 9.17) is 34.8 Å². The van der Waals surface area contributed by atoms with Crippen LogP contribution in [-0.2, 0) is 6.42 Å². The van der Waals surface area contributed by atoms with E-state index in [0.29, 0.717) is 10.0 Å². The Bertz CT molecular complexity index is 602. The number of halogens is 3. The van der Waals surface area contributed by atoms with Crippen LogP contribution in [0.15, 0.2) is 36.5 Å². The van der Waals surface area contributed by atoms with Gasteiger partial charge in [-0.15, -0.1) is 0 Å². The normalized spacial score (nSPS) is 12.4. The van der Waals surface area contributed by atoms with Crippen LogP contribution in [0.25, 0.3) is 0 Å². The fraction of sp³-hybridized carbons (Fsp3) is 0.312. The summed E-state index contributed by atoms with van der Waals surface area (Å²) in [5.41, 5.74) is 1.96. The highest BCUT2D eigenvalue weighted by atomic mass is 35.5. The zero-order valence-electron chi connectivity index (χ0n) is 11.7. The van der Waals surface area contributed by atoms with Crippen molar-refractivity contribution in [3.8, 4) is 0 Å². The van der Waals surface area contributed by atoms with Crippen LogP contribution < -0.4 is 5.32 Å². The molecule has 0 aliphatic heterocycles. The van der Waals surface area contributed by atoms with Crippen molar-refractivity contribution in [1.29, 1.82) is 0 Å². The molecule has 1 heterocycles. The molecule has 0 saturated heterocycles. The van der Waals surface area contributed by atoms with Gasteiger partial charge in [-0.2, -0.15) is 0 Å². The molecule has 112 valence electrons. The van der Waals surface area contributed by atoms with Crippen molar-refractivity contribution in [2.75, 3.05) is 6.54 Å². The van der Waals surface area contributed by atoms with E-state index >= 15 is 0 Å². The molecule has 1 atom stereocenters. The molecule has 1 N–H and O–H groups in total. The third kappa shape index (κ3) is 4.86. The summed E-state index contributed by atoms with van der Waals surface area (Å²) in [6.07, 6.45) is 3.44. The zero-order chi connectivity index (χ0) is 15.2. The van der Waals surface area contributed by atoms with Gasteiger partial charge in [0.1, 0.15) is 0 Å². The third-order valence-electron chi connectivity index (χ3n) is 3.14. The topological polar surface area (TPSA) is 24.9 Å². The van der Waals surface area contributed by atoms with Gasteiger partial charge < -0.3 is 5.32 Å². The molecular weight excluding hydrogens is 327 g/mol. The summed E-state index contributed by atoms with van der Waals surface area (Å²) in [7, 11) is 0. The third-order valence-corrected chi connectivity index (χ3v) is 3.88. The van der Waals surface area contributed by atoms with Crippen LogP contribution in [0.5, 0.6) is 0 Å². The Morgan fingerprint density at radius 3 is 2.62 bits per heavy atom. The van der Waals surface area contributed by atoms with Crippen LogP contribution in [0.4, 0.5) is 0 Å². The summed E-state index contributed by atoms with van der Waals surface area (Å²) in [5, 5.41) is 5.34. The number of hydrogen-bond acceptors (Lipinski definition) is 2. The second-order valence-electron chi connectivity index (χ2n) is 4.86. The molecule has 0 aliphatic rings. The van der Waals surface area contributed by atoms with Gasteiger partial charge in [0, 0.05) is 11.2 Å². The lowest BCUT2D eigenvalue weighted by atomic mass is 10.0. The molecule has 0 spiro atoms. The number of rotatable bonds is 6. The lowest BCUT2D eigenvalue weighted by Gasteiger charge is -2.19. The van der Waals surface area contributed by atoms with Crippen molar-refractivity contribution in [3.63, 3.8) is 0 Å². The summed E-state index contributed by atoms with van der Waals surface area (Å²) in [4.78, 5) is 4.39. The number of aromatic nitrogens is 1. The maximum atomic E-state index is 6.29. The monoisotopic (exact) mass is 342 g/mol. The first-order valence-corrected chi connectivity index (χ1v) is 8.02. The molecule has 1 aromatic heterocycles. The predicted molar refractivity (Wildman–Crippen MR) is 90.4 cm³/mol. The molecule has 2 nitrogen and oxygen atoms in total. The van der Waals surface area contributed by atoms with E-state index in [0.717, 1.165) is 35.7 Å². The lowest BCUT2D eigenvalue weighted by molar-refractivity contribution is 0.518. The van der Waals surface area contributed by atoms with E-state index < -0.39 is 0 Å². The second kappa shape index (κ2) is 8.00. The molecule has 1 unspecified atom stereocenters. The average Bonchev–Trinajstić information content (AvgIpc) is 2.44. The SMILES string of the molecule is CCCNC(Cc1cccc(Cl)c1)c1ncc(Cl)cc1Cl. The minimum Gasteiger partial charge on any atom is -0.308 e. The first-order chi connectivity index (χ1) is 10.1. The van der Waals surface area contributed by atoms with Crippen molar-refractivity contribution in [2.45, 2.75) is 25.8 Å². The quantitative estimate of drug-likeness (QED) is 0.767. The highest BCUT2D eigenvalue weighted by Gasteiger charge is 2.17. The van der Waals surface area contributed by atoms with Crippen LogP contribution in [0, 0.1) is 0 Å². The Kier molecular flexibility index (Phi) is 6.31. The standard InChI is InChI=1S/C16H17Cl3N2/c1-2-6-20-15(8-11-4-3-5-12(17)7-11)16-14(19)9-13(18)10-21-16/h3-5,7,9-10,15,20H,2,6,8H2,1H3. The van der Waals surface area contributed by atoms with Gasteiger partial charge in [-0.25, -0.2) is 0 Å². The molecule has 0 amide bonds. The van der Waals surface area contributed by atoms with Crippen molar-refractivity contribution < 1.29 is 0 Å². The van der Waals surface area contributed by atoms with Crippen LogP contribution in [0.1, 0.15) is 30.6 Å². The summed E-state index contributed by atoms with van der Waals surface area (Å²) in [5.74, 6) is 0. The summed E-state index contributed by atoms with van der Waals surface area (Å²) < 4.78 is 0. The Labute approximate surface area is 140 Å². The van der Waals surface area contributed by atoms with Gasteiger partial charge >= 0.3 is 0 Å². The van der Waals surface area contributed by atoms with Gasteiger partial charge in [0.2, 0.25) is 0 Å². The Morgan fingerprint density at radius 1 is 1.14 bits per heavy atom. The predicted octanol–water partition coefficient (Wildman–Crippen LogP) is 5.33. The van der Waals surface area contributed by atoms with Crippen LogP contribution in [0.2, 0.25) is 15.1 Å². The van der Waals surface area contributed by atoms with Gasteiger partial charge in [0.15, 0.2) is 0 Å². The average molecular weight is 344 g/mol. The van der Waals surface area contributed by atoms with Crippen LogP contribution in [-0.4, -0.2) is 11.5 Å². The molecular formula is C16H17Cl3N2. The van der Waals surface area contributed by atoms with E-state index in [1.165, 1.54) is 0 Å². The number of pyridine rings is 1. The fourth-order valence-corrected chi connectivity index (χ4v) is 2.89. The molecule has 5 heteroatoms. The van der Waals surface area contributed by atoms with E-state index in [2.05, 4.69) is 23.3 Å². The molecule has 0 radical (unpaired) electrons. The van der Waals surface area contributed by atoms with Gasteiger partial charge in [0.25, 0.3) is 0 Å². The largest absolute Gasteiger partial charge is 0.308 e. The summed E-state index contributed by atoms with van der Waals surface area (Å²) in [6.45, 7) is 3.02. The minimum absolute atomic E-state index is 0.0354. The highest BCUT2D eigenvalue weighted by molar-refractivity contribution is 6.34. The van der Waals surface area contributed by atoms with E-state index in [-0.39, 0.29) is 6.04 Å². The minimum atomic E-state index is 0.0354. The smallest absolute Gasteiger partial charge is 0.0763 e. The van der Waals surface area contributed by atoms with Gasteiger partial charge in [0.05, 0.1) is 21.8 Å². The molecule has 2 aromatic rings. The van der Waals surface area contributed by atoms with Crippen LogP contribution >= 0.6 is 34.8 Å². The Morgan fingerprint density at radius 2 is 1.95 bits per heavy atom. The molecule has 0 aliphatic carbocycles. The zero-order valence-corrected chi connectivity index (χ0v) is 14.0.